The highest BCUT2D eigenvalue weighted by atomic mass is 15.4. The van der Waals surface area contributed by atoms with Crippen LogP contribution in [0.4, 0.5) is 0 Å². The quantitative estimate of drug-likeness (QED) is 0.473. The maximum Gasteiger partial charge on any atom is 0.0270 e. The zero-order valence-corrected chi connectivity index (χ0v) is 4.26. The van der Waals surface area contributed by atoms with Crippen LogP contribution in [-0.2, 0) is 0 Å². The van der Waals surface area contributed by atoms with Crippen molar-refractivity contribution in [3.8, 4) is 0 Å². The Morgan fingerprint density at radius 2 is 1.86 bits per heavy atom. The molecule has 0 atom stereocenters. The molecule has 1 aromatic heterocycles. The van der Waals surface area contributed by atoms with Crippen LogP contribution in [0, 0.1) is 6.92 Å². The fourth-order valence-electron chi connectivity index (χ4n) is 0.426. The summed E-state index contributed by atoms with van der Waals surface area (Å²) in [6.45, 7) is 2.04. The van der Waals surface area contributed by atoms with Crippen molar-refractivity contribution in [3.63, 3.8) is 0 Å². The van der Waals surface area contributed by atoms with Gasteiger partial charge >= 0.3 is 0 Å². The topological polar surface area (TPSA) is 12.9 Å². The molecule has 0 unspecified atom stereocenters. The molecule has 1 nitrogen and oxygen atoms in total. The number of pyridine rings is 1. The lowest BCUT2D eigenvalue weighted by Gasteiger charge is -1.82. The van der Waals surface area contributed by atoms with Crippen LogP contribution in [0.15, 0.2) is 24.5 Å². The largest absolute Gasteiger partial charge is 0.265 e. The van der Waals surface area contributed by atoms with Gasteiger partial charge in [-0.25, -0.2) is 0 Å². The van der Waals surface area contributed by atoms with E-state index in [1.165, 1.54) is 5.56 Å². The molecule has 0 radical (unpaired) electrons. The molecule has 36 valence electrons. The molecule has 7 heavy (non-hydrogen) atoms. The Bertz CT molecular complexity index is 134. The summed E-state index contributed by atoms with van der Waals surface area (Å²) in [6.07, 6.45) is 3.57. The molecule has 0 bridgehead atoms. The molecule has 0 aromatic carbocycles. The lowest BCUT2D eigenvalue weighted by atomic mass is 10.3. The molecule has 1 heterocycles. The number of rotatable bonds is 0. The van der Waals surface area contributed by atoms with Crippen molar-refractivity contribution >= 4 is 0 Å². The summed E-state index contributed by atoms with van der Waals surface area (Å²) in [4.78, 5) is 3.85. The molecular weight excluding hydrogens is 87.1 g/mol. The molecule has 0 aliphatic carbocycles. The summed E-state index contributed by atoms with van der Waals surface area (Å²) in [6, 6.07) is 3.94. The van der Waals surface area contributed by atoms with Crippen molar-refractivity contribution in [1.82, 2.24) is 4.98 Å². The van der Waals surface area contributed by atoms with Crippen molar-refractivity contribution in [3.05, 3.63) is 30.1 Å². The minimum Gasteiger partial charge on any atom is -0.265 e. The van der Waals surface area contributed by atoms with Gasteiger partial charge in [-0.15, -0.1) is 0 Å². The Balaban J connectivity index is 3.02. The third-order valence-corrected chi connectivity index (χ3v) is 0.847. The van der Waals surface area contributed by atoms with Gasteiger partial charge < -0.3 is 0 Å². The Morgan fingerprint density at radius 1 is 1.29 bits per heavy atom. The van der Waals surface area contributed by atoms with E-state index in [1.54, 1.807) is 12.4 Å². The van der Waals surface area contributed by atoms with Crippen molar-refractivity contribution < 1.29 is 0 Å². The van der Waals surface area contributed by atoms with Crippen LogP contribution in [-0.4, -0.2) is 4.98 Å². The summed E-state index contributed by atoms with van der Waals surface area (Å²) >= 11 is 0. The van der Waals surface area contributed by atoms with Gasteiger partial charge in [0, 0.05) is 12.4 Å². The van der Waals surface area contributed by atoms with E-state index in [0.29, 0.717) is 0 Å². The van der Waals surface area contributed by atoms with Gasteiger partial charge in [-0.05, 0) is 24.6 Å². The number of nitrogens with zero attached hydrogens (tertiary/aromatic N) is 1. The first-order valence-electron chi connectivity index (χ1n) is 2.26. The summed E-state index contributed by atoms with van der Waals surface area (Å²) in [5.74, 6) is 0. The van der Waals surface area contributed by atoms with Crippen LogP contribution in [0.2, 0.25) is 0 Å². The fraction of sp³-hybridized carbons (Fsp3) is 0.167. The van der Waals surface area contributed by atoms with E-state index < -0.39 is 0 Å². The molecular formula is C6H7N. The van der Waals surface area contributed by atoms with Crippen molar-refractivity contribution in [2.75, 3.05) is 0 Å². The number of aromatic nitrogens is 1. The zero-order chi connectivity index (χ0) is 5.11. The van der Waals surface area contributed by atoms with Gasteiger partial charge in [0.25, 0.3) is 0 Å². The minimum absolute atomic E-state index is 1.26. The molecule has 0 fully saturated rings. The summed E-state index contributed by atoms with van der Waals surface area (Å²) in [5.41, 5.74) is 1.26. The Labute approximate surface area is 43.0 Å². The molecule has 1 heteroatoms. The van der Waals surface area contributed by atoms with Gasteiger partial charge in [-0.1, -0.05) is 0 Å². The van der Waals surface area contributed by atoms with E-state index in [4.69, 9.17) is 0 Å². The lowest BCUT2D eigenvalue weighted by Crippen LogP contribution is -1.68. The van der Waals surface area contributed by atoms with E-state index in [0.717, 1.165) is 0 Å². The van der Waals surface area contributed by atoms with E-state index in [9.17, 15) is 0 Å². The highest BCUT2D eigenvalue weighted by Crippen LogP contribution is 1.88. The van der Waals surface area contributed by atoms with Crippen LogP contribution >= 0.6 is 0 Å². The van der Waals surface area contributed by atoms with E-state index in [2.05, 4.69) is 4.98 Å². The summed E-state index contributed by atoms with van der Waals surface area (Å²) < 4.78 is 0. The van der Waals surface area contributed by atoms with Crippen LogP contribution in [0.5, 0.6) is 0 Å². The van der Waals surface area contributed by atoms with Gasteiger partial charge in [0.15, 0.2) is 0 Å². The Kier molecular flexibility index (Phi) is 1.07. The first kappa shape index (κ1) is 4.31. The van der Waals surface area contributed by atoms with Crippen LogP contribution < -0.4 is 0 Å². The molecule has 0 N–H and O–H groups in total. The third kappa shape index (κ3) is 1.000. The SMILES string of the molecule is Cc1cc[15n]cc1. The average Bonchev–Trinajstić information content (AvgIpc) is 1.69. The highest BCUT2D eigenvalue weighted by molar-refractivity contribution is 5.05. The van der Waals surface area contributed by atoms with E-state index in [1.807, 2.05) is 19.1 Å². The van der Waals surface area contributed by atoms with Gasteiger partial charge in [0.2, 0.25) is 0 Å². The maximum atomic E-state index is 3.85. The highest BCUT2D eigenvalue weighted by Gasteiger charge is 1.72. The second-order valence-corrected chi connectivity index (χ2v) is 1.52. The van der Waals surface area contributed by atoms with Gasteiger partial charge in [-0.3, -0.25) is 4.98 Å². The number of aryl methyl sites for hydroxylation is 1. The molecule has 1 rings (SSSR count). The first-order valence-corrected chi connectivity index (χ1v) is 2.26. The third-order valence-electron chi connectivity index (χ3n) is 0.847. The summed E-state index contributed by atoms with van der Waals surface area (Å²) in [7, 11) is 0. The Hall–Kier alpha value is -0.850. The molecule has 0 aliphatic rings. The molecule has 0 saturated carbocycles. The summed E-state index contributed by atoms with van der Waals surface area (Å²) in [5, 5.41) is 0. The number of hydrogen-bond donors (Lipinski definition) is 0. The Morgan fingerprint density at radius 3 is 2.14 bits per heavy atom. The first-order chi connectivity index (χ1) is 3.39. The van der Waals surface area contributed by atoms with Crippen molar-refractivity contribution in [2.24, 2.45) is 0 Å². The second kappa shape index (κ2) is 1.73. The monoisotopic (exact) mass is 94.1 g/mol. The van der Waals surface area contributed by atoms with Crippen LogP contribution in [0.3, 0.4) is 0 Å². The normalized spacial score (nSPS) is 8.71. The minimum atomic E-state index is 1.26. The second-order valence-electron chi connectivity index (χ2n) is 1.52. The van der Waals surface area contributed by atoms with E-state index >= 15 is 0 Å². The predicted octanol–water partition coefficient (Wildman–Crippen LogP) is 1.39. The van der Waals surface area contributed by atoms with Gasteiger partial charge in [0.1, 0.15) is 0 Å². The molecule has 0 spiro atoms. The molecule has 0 amide bonds. The van der Waals surface area contributed by atoms with Crippen LogP contribution in [0.1, 0.15) is 5.56 Å². The maximum absolute atomic E-state index is 3.85. The lowest BCUT2D eigenvalue weighted by molar-refractivity contribution is 1.29. The molecule has 0 aliphatic heterocycles. The van der Waals surface area contributed by atoms with E-state index in [-0.39, 0.29) is 0 Å². The molecule has 1 aromatic rings. The van der Waals surface area contributed by atoms with Crippen molar-refractivity contribution in [1.29, 1.82) is 0 Å². The smallest absolute Gasteiger partial charge is 0.0270 e. The average molecular weight is 94.1 g/mol. The zero-order valence-electron chi connectivity index (χ0n) is 4.26. The van der Waals surface area contributed by atoms with Gasteiger partial charge in [0.05, 0.1) is 0 Å². The van der Waals surface area contributed by atoms with Gasteiger partial charge in [-0.2, -0.15) is 0 Å². The predicted molar refractivity (Wildman–Crippen MR) is 29.0 cm³/mol. The fourth-order valence-corrected chi connectivity index (χ4v) is 0.426. The standard InChI is InChI=1S/C6H7N/c1-6-2-4-7-5-3-6/h2-5H,1H3/i7+1. The van der Waals surface area contributed by atoms with Crippen LogP contribution in [0.25, 0.3) is 0 Å². The van der Waals surface area contributed by atoms with Crippen molar-refractivity contribution in [2.45, 2.75) is 6.92 Å². The molecule has 0 saturated heterocycles. The number of hydrogen-bond acceptors (Lipinski definition) is 1.